The number of rotatable bonds is 8. The molecule has 1 N–H and O–H groups in total. The summed E-state index contributed by atoms with van der Waals surface area (Å²) in [5.41, 5.74) is 1.01. The fourth-order valence-electron chi connectivity index (χ4n) is 3.26. The van der Waals surface area contributed by atoms with Crippen LogP contribution < -0.4 is 5.32 Å². The molecule has 0 fully saturated rings. The first-order valence-electron chi connectivity index (χ1n) is 9.27. The van der Waals surface area contributed by atoms with Crippen LogP contribution in [-0.4, -0.2) is 42.9 Å². The summed E-state index contributed by atoms with van der Waals surface area (Å²) in [5, 5.41) is 5.03. The molecule has 1 aliphatic rings. The van der Waals surface area contributed by atoms with Crippen LogP contribution in [0.4, 0.5) is 0 Å². The molecule has 148 valence electrons. The molecule has 3 rings (SSSR count). The minimum Gasteiger partial charge on any atom is -0.385 e. The van der Waals surface area contributed by atoms with Gasteiger partial charge in [0.05, 0.1) is 17.2 Å². The summed E-state index contributed by atoms with van der Waals surface area (Å²) in [6.07, 6.45) is 0.576. The molecule has 2 heterocycles. The molecule has 0 aliphatic carbocycles. The number of imide groups is 1. The highest BCUT2D eigenvalue weighted by Gasteiger charge is 2.35. The highest BCUT2D eigenvalue weighted by atomic mass is 32.1. The lowest BCUT2D eigenvalue weighted by Crippen LogP contribution is -2.31. The molecule has 1 aromatic heterocycles. The minimum absolute atomic E-state index is 0.108. The minimum atomic E-state index is -0.357. The molecule has 3 amide bonds. The Bertz CT molecular complexity index is 877. The number of carbonyl (C=O) groups excluding carboxylic acids is 3. The summed E-state index contributed by atoms with van der Waals surface area (Å²) < 4.78 is 4.99. The van der Waals surface area contributed by atoms with Crippen LogP contribution in [0.3, 0.4) is 0 Å². The van der Waals surface area contributed by atoms with Gasteiger partial charge in [-0.1, -0.05) is 19.9 Å². The summed E-state index contributed by atoms with van der Waals surface area (Å²) in [6.45, 7) is 4.87. The van der Waals surface area contributed by atoms with E-state index in [1.165, 1.54) is 11.0 Å². The van der Waals surface area contributed by atoms with Crippen molar-refractivity contribution in [3.8, 4) is 0 Å². The zero-order valence-corrected chi connectivity index (χ0v) is 17.0. The van der Waals surface area contributed by atoms with Crippen LogP contribution in [-0.2, 0) is 4.74 Å². The average Bonchev–Trinajstić information content (AvgIpc) is 3.28. The van der Waals surface area contributed by atoms with Gasteiger partial charge in [-0.05, 0) is 42.0 Å². The SMILES string of the molecule is COCCCN1C(=O)c2ccc(C(=O)N[C@H](c3cccs3)C(C)C)cc2C1=O. The third-order valence-electron chi connectivity index (χ3n) is 4.77. The highest BCUT2D eigenvalue weighted by molar-refractivity contribution is 7.10. The molecule has 1 aromatic carbocycles. The van der Waals surface area contributed by atoms with Gasteiger partial charge in [0.1, 0.15) is 0 Å². The molecule has 0 saturated carbocycles. The standard InChI is InChI=1S/C21H24N2O4S/c1-13(2)18(17-6-4-11-28-17)22-19(24)14-7-8-15-16(12-14)21(26)23(20(15)25)9-5-10-27-3/h4,6-8,11-13,18H,5,9-10H2,1-3H3,(H,22,24)/t18-/m0/s1. The monoisotopic (exact) mass is 400 g/mol. The van der Waals surface area contributed by atoms with E-state index in [4.69, 9.17) is 4.74 Å². The van der Waals surface area contributed by atoms with Crippen molar-refractivity contribution < 1.29 is 19.1 Å². The van der Waals surface area contributed by atoms with Gasteiger partial charge < -0.3 is 10.1 Å². The molecule has 1 aliphatic heterocycles. The maximum Gasteiger partial charge on any atom is 0.261 e. The number of methoxy groups -OCH3 is 1. The van der Waals surface area contributed by atoms with Crippen LogP contribution >= 0.6 is 11.3 Å². The van der Waals surface area contributed by atoms with Gasteiger partial charge in [-0.25, -0.2) is 0 Å². The van der Waals surface area contributed by atoms with Crippen LogP contribution in [0.1, 0.15) is 62.3 Å². The zero-order chi connectivity index (χ0) is 20.3. The third-order valence-corrected chi connectivity index (χ3v) is 5.72. The summed E-state index contributed by atoms with van der Waals surface area (Å²) in [7, 11) is 1.58. The molecule has 2 aromatic rings. The predicted octanol–water partition coefficient (Wildman–Crippen LogP) is 3.51. The number of amides is 3. The fourth-order valence-corrected chi connectivity index (χ4v) is 4.21. The van der Waals surface area contributed by atoms with Gasteiger partial charge in [0, 0.05) is 30.7 Å². The van der Waals surface area contributed by atoms with Crippen molar-refractivity contribution in [1.82, 2.24) is 10.2 Å². The van der Waals surface area contributed by atoms with Crippen molar-refractivity contribution >= 4 is 29.1 Å². The Hall–Kier alpha value is -2.51. The van der Waals surface area contributed by atoms with Gasteiger partial charge in [-0.3, -0.25) is 19.3 Å². The summed E-state index contributed by atoms with van der Waals surface area (Å²) in [5.74, 6) is -0.712. The molecule has 6 nitrogen and oxygen atoms in total. The molecule has 28 heavy (non-hydrogen) atoms. The van der Waals surface area contributed by atoms with E-state index in [-0.39, 0.29) is 35.2 Å². The number of fused-ring (bicyclic) bond motifs is 1. The first-order valence-corrected chi connectivity index (χ1v) is 10.2. The molecule has 7 heteroatoms. The van der Waals surface area contributed by atoms with Crippen LogP contribution in [0, 0.1) is 5.92 Å². The lowest BCUT2D eigenvalue weighted by molar-refractivity contribution is 0.0638. The average molecular weight is 401 g/mol. The van der Waals surface area contributed by atoms with Gasteiger partial charge in [0.25, 0.3) is 17.7 Å². The largest absolute Gasteiger partial charge is 0.385 e. The van der Waals surface area contributed by atoms with Crippen molar-refractivity contribution in [3.05, 3.63) is 57.3 Å². The van der Waals surface area contributed by atoms with Crippen LogP contribution in [0.5, 0.6) is 0 Å². The predicted molar refractivity (Wildman–Crippen MR) is 108 cm³/mol. The zero-order valence-electron chi connectivity index (χ0n) is 16.2. The quantitative estimate of drug-likeness (QED) is 0.543. The van der Waals surface area contributed by atoms with Crippen molar-refractivity contribution in [2.24, 2.45) is 5.92 Å². The molecule has 1 atom stereocenters. The van der Waals surface area contributed by atoms with Crippen LogP contribution in [0.2, 0.25) is 0 Å². The van der Waals surface area contributed by atoms with Gasteiger partial charge in [-0.2, -0.15) is 0 Å². The number of nitrogens with zero attached hydrogens (tertiary/aromatic N) is 1. The summed E-state index contributed by atoms with van der Waals surface area (Å²) in [4.78, 5) is 40.2. The van der Waals surface area contributed by atoms with Gasteiger partial charge in [0.15, 0.2) is 0 Å². The first kappa shape index (κ1) is 20.2. The second-order valence-electron chi connectivity index (χ2n) is 7.08. The molecule has 0 spiro atoms. The first-order chi connectivity index (χ1) is 13.4. The maximum atomic E-state index is 12.8. The second-order valence-corrected chi connectivity index (χ2v) is 8.06. The van der Waals surface area contributed by atoms with Crippen molar-refractivity contribution in [2.75, 3.05) is 20.3 Å². The summed E-state index contributed by atoms with van der Waals surface area (Å²) in [6, 6.07) is 8.54. The van der Waals surface area contributed by atoms with E-state index in [9.17, 15) is 14.4 Å². The lowest BCUT2D eigenvalue weighted by atomic mass is 10.0. The lowest BCUT2D eigenvalue weighted by Gasteiger charge is -2.21. The number of benzene rings is 1. The Balaban J connectivity index is 1.78. The van der Waals surface area contributed by atoms with E-state index < -0.39 is 0 Å². The van der Waals surface area contributed by atoms with Crippen molar-refractivity contribution in [2.45, 2.75) is 26.3 Å². The number of hydrogen-bond acceptors (Lipinski definition) is 5. The van der Waals surface area contributed by atoms with E-state index in [1.54, 1.807) is 30.6 Å². The molecule has 0 bridgehead atoms. The maximum absolute atomic E-state index is 12.8. The Labute approximate surface area is 168 Å². The molecule has 0 radical (unpaired) electrons. The fraction of sp³-hybridized carbons (Fsp3) is 0.381. The second kappa shape index (κ2) is 8.67. The van der Waals surface area contributed by atoms with Gasteiger partial charge >= 0.3 is 0 Å². The van der Waals surface area contributed by atoms with E-state index in [0.717, 1.165) is 4.88 Å². The Morgan fingerprint density at radius 3 is 2.57 bits per heavy atom. The molecule has 0 saturated heterocycles. The number of ether oxygens (including phenoxy) is 1. The van der Waals surface area contributed by atoms with Gasteiger partial charge in [-0.15, -0.1) is 11.3 Å². The number of hydrogen-bond donors (Lipinski definition) is 1. The Morgan fingerprint density at radius 2 is 1.93 bits per heavy atom. The molecular weight excluding hydrogens is 376 g/mol. The van der Waals surface area contributed by atoms with Crippen molar-refractivity contribution in [1.29, 1.82) is 0 Å². The molecule has 0 unspecified atom stereocenters. The van der Waals surface area contributed by atoms with E-state index in [2.05, 4.69) is 5.32 Å². The molecular formula is C21H24N2O4S. The van der Waals surface area contributed by atoms with E-state index in [0.29, 0.717) is 30.7 Å². The van der Waals surface area contributed by atoms with E-state index >= 15 is 0 Å². The summed E-state index contributed by atoms with van der Waals surface area (Å²) >= 11 is 1.60. The van der Waals surface area contributed by atoms with Gasteiger partial charge in [0.2, 0.25) is 0 Å². The smallest absolute Gasteiger partial charge is 0.261 e. The van der Waals surface area contributed by atoms with Crippen LogP contribution in [0.25, 0.3) is 0 Å². The Morgan fingerprint density at radius 1 is 1.18 bits per heavy atom. The van der Waals surface area contributed by atoms with E-state index in [1.807, 2.05) is 31.4 Å². The van der Waals surface area contributed by atoms with Crippen molar-refractivity contribution in [3.63, 3.8) is 0 Å². The number of carbonyl (C=O) groups is 3. The number of nitrogens with one attached hydrogen (secondary N) is 1. The third kappa shape index (κ3) is 4.00. The topological polar surface area (TPSA) is 75.7 Å². The Kier molecular flexibility index (Phi) is 6.26. The number of thiophene rings is 1. The normalized spacial score (nSPS) is 14.5. The highest BCUT2D eigenvalue weighted by Crippen LogP contribution is 2.27. The van der Waals surface area contributed by atoms with Crippen LogP contribution in [0.15, 0.2) is 35.7 Å².